The van der Waals surface area contributed by atoms with Crippen molar-refractivity contribution in [3.63, 3.8) is 0 Å². The summed E-state index contributed by atoms with van der Waals surface area (Å²) in [6.45, 7) is 0. The Hall–Kier alpha value is -1.58. The Bertz CT molecular complexity index is 500. The lowest BCUT2D eigenvalue weighted by Crippen LogP contribution is -2.14. The smallest absolute Gasteiger partial charge is 0.335 e. The van der Waals surface area contributed by atoms with Gasteiger partial charge in [0.25, 0.3) is 0 Å². The Morgan fingerprint density at radius 1 is 1.33 bits per heavy atom. The third-order valence-electron chi connectivity index (χ3n) is 5.06. The second-order valence-electron chi connectivity index (χ2n) is 5.89. The van der Waals surface area contributed by atoms with Crippen LogP contribution in [0.15, 0.2) is 18.3 Å². The van der Waals surface area contributed by atoms with Gasteiger partial charge in [0, 0.05) is 12.2 Å². The molecule has 0 radical (unpaired) electrons. The molecule has 4 atom stereocenters. The third kappa shape index (κ3) is 1.38. The molecule has 4 heteroatoms. The van der Waals surface area contributed by atoms with E-state index in [1.165, 1.54) is 25.3 Å². The average molecular weight is 244 g/mol. The summed E-state index contributed by atoms with van der Waals surface area (Å²) in [5.74, 6) is 3.32. The van der Waals surface area contributed by atoms with Gasteiger partial charge in [0.15, 0.2) is 0 Å². The minimum atomic E-state index is -0.892. The summed E-state index contributed by atoms with van der Waals surface area (Å²) in [5, 5.41) is 12.4. The molecular formula is C14H16N2O2. The van der Waals surface area contributed by atoms with Gasteiger partial charge in [-0.15, -0.1) is 0 Å². The predicted molar refractivity (Wildman–Crippen MR) is 66.4 cm³/mol. The number of hydrogen-bond acceptors (Lipinski definition) is 3. The number of anilines is 1. The van der Waals surface area contributed by atoms with Crippen LogP contribution in [0.4, 0.5) is 5.82 Å². The summed E-state index contributed by atoms with van der Waals surface area (Å²) in [4.78, 5) is 15.1. The Morgan fingerprint density at radius 3 is 2.72 bits per heavy atom. The van der Waals surface area contributed by atoms with Crippen molar-refractivity contribution in [1.82, 2.24) is 4.98 Å². The number of rotatable bonds is 3. The molecule has 1 aromatic heterocycles. The van der Waals surface area contributed by atoms with Crippen LogP contribution in [-0.4, -0.2) is 22.1 Å². The Balaban J connectivity index is 1.50. The fourth-order valence-electron chi connectivity index (χ4n) is 4.33. The molecule has 1 aromatic rings. The van der Waals surface area contributed by atoms with Crippen LogP contribution in [0.1, 0.15) is 29.6 Å². The molecule has 0 aromatic carbocycles. The van der Waals surface area contributed by atoms with E-state index >= 15 is 0 Å². The van der Waals surface area contributed by atoms with Crippen molar-refractivity contribution in [3.8, 4) is 0 Å². The van der Waals surface area contributed by atoms with Gasteiger partial charge in [-0.05, 0) is 55.1 Å². The molecule has 1 heterocycles. The van der Waals surface area contributed by atoms with Crippen LogP contribution in [0.25, 0.3) is 0 Å². The van der Waals surface area contributed by atoms with Crippen molar-refractivity contribution < 1.29 is 9.90 Å². The van der Waals surface area contributed by atoms with E-state index in [2.05, 4.69) is 10.3 Å². The lowest BCUT2D eigenvalue weighted by molar-refractivity contribution is 0.0697. The van der Waals surface area contributed by atoms with E-state index in [1.54, 1.807) is 12.3 Å². The van der Waals surface area contributed by atoms with Gasteiger partial charge in [0.1, 0.15) is 5.82 Å². The molecule has 2 bridgehead atoms. The first kappa shape index (κ1) is 10.4. The summed E-state index contributed by atoms with van der Waals surface area (Å²) >= 11 is 0. The van der Waals surface area contributed by atoms with Gasteiger partial charge in [-0.2, -0.15) is 0 Å². The van der Waals surface area contributed by atoms with Crippen molar-refractivity contribution in [2.45, 2.75) is 25.3 Å². The molecule has 3 saturated carbocycles. The van der Waals surface area contributed by atoms with Gasteiger partial charge in [-0.3, -0.25) is 0 Å². The molecule has 2 N–H and O–H groups in total. The molecule has 94 valence electrons. The second kappa shape index (κ2) is 3.46. The number of carboxylic acids is 1. The average Bonchev–Trinajstić information content (AvgIpc) is 2.77. The SMILES string of the molecule is O=C(O)c1ccnc(NC2C3C4CCC(C4)C23)c1. The van der Waals surface area contributed by atoms with E-state index < -0.39 is 5.97 Å². The first-order valence-corrected chi connectivity index (χ1v) is 6.70. The Morgan fingerprint density at radius 2 is 2.06 bits per heavy atom. The van der Waals surface area contributed by atoms with E-state index in [1.807, 2.05) is 0 Å². The molecule has 18 heavy (non-hydrogen) atoms. The van der Waals surface area contributed by atoms with Crippen molar-refractivity contribution in [2.24, 2.45) is 23.7 Å². The molecule has 4 nitrogen and oxygen atoms in total. The number of carboxylic acid groups (broad SMARTS) is 1. The normalized spacial score (nSPS) is 39.4. The van der Waals surface area contributed by atoms with Gasteiger partial charge in [-0.25, -0.2) is 9.78 Å². The zero-order valence-corrected chi connectivity index (χ0v) is 10.0. The van der Waals surface area contributed by atoms with Gasteiger partial charge < -0.3 is 10.4 Å². The minimum absolute atomic E-state index is 0.307. The quantitative estimate of drug-likeness (QED) is 0.856. The number of nitrogens with zero attached hydrogens (tertiary/aromatic N) is 1. The number of carbonyl (C=O) groups is 1. The Labute approximate surface area is 105 Å². The van der Waals surface area contributed by atoms with E-state index in [0.717, 1.165) is 23.7 Å². The maximum atomic E-state index is 10.9. The first-order valence-electron chi connectivity index (χ1n) is 6.70. The van der Waals surface area contributed by atoms with E-state index in [9.17, 15) is 4.79 Å². The number of aromatic nitrogens is 1. The monoisotopic (exact) mass is 244 g/mol. The molecule has 3 aliphatic rings. The largest absolute Gasteiger partial charge is 0.478 e. The standard InChI is InChI=1S/C14H16N2O2/c17-14(18)9-3-4-15-10(6-9)16-13-11-7-1-2-8(5-7)12(11)13/h3-4,6-8,11-13H,1-2,5H2,(H,15,16)(H,17,18). The number of fused-ring (bicyclic) bond motifs is 5. The molecule has 3 fully saturated rings. The molecule has 0 spiro atoms. The highest BCUT2D eigenvalue weighted by atomic mass is 16.4. The number of pyridine rings is 1. The summed E-state index contributed by atoms with van der Waals surface area (Å²) in [5.41, 5.74) is 0.307. The molecular weight excluding hydrogens is 228 g/mol. The van der Waals surface area contributed by atoms with Crippen LogP contribution in [0.2, 0.25) is 0 Å². The highest BCUT2D eigenvalue weighted by Gasteiger charge is 2.65. The van der Waals surface area contributed by atoms with Crippen LogP contribution >= 0.6 is 0 Å². The fourth-order valence-corrected chi connectivity index (χ4v) is 4.33. The van der Waals surface area contributed by atoms with Crippen LogP contribution in [-0.2, 0) is 0 Å². The third-order valence-corrected chi connectivity index (χ3v) is 5.06. The van der Waals surface area contributed by atoms with E-state index in [-0.39, 0.29) is 0 Å². The number of aromatic carboxylic acids is 1. The van der Waals surface area contributed by atoms with Crippen LogP contribution in [0.5, 0.6) is 0 Å². The van der Waals surface area contributed by atoms with Gasteiger partial charge in [0.05, 0.1) is 5.56 Å². The zero-order valence-electron chi connectivity index (χ0n) is 10.0. The second-order valence-corrected chi connectivity index (χ2v) is 5.89. The molecule has 0 saturated heterocycles. The van der Waals surface area contributed by atoms with Gasteiger partial charge >= 0.3 is 5.97 Å². The van der Waals surface area contributed by atoms with Crippen molar-refractivity contribution in [1.29, 1.82) is 0 Å². The highest BCUT2D eigenvalue weighted by Crippen LogP contribution is 2.66. The maximum Gasteiger partial charge on any atom is 0.335 e. The maximum absolute atomic E-state index is 10.9. The fraction of sp³-hybridized carbons (Fsp3) is 0.571. The lowest BCUT2D eigenvalue weighted by Gasteiger charge is -2.11. The van der Waals surface area contributed by atoms with Crippen molar-refractivity contribution in [3.05, 3.63) is 23.9 Å². The molecule has 3 aliphatic carbocycles. The van der Waals surface area contributed by atoms with E-state index in [0.29, 0.717) is 17.4 Å². The molecule has 4 unspecified atom stereocenters. The summed E-state index contributed by atoms with van der Waals surface area (Å²) in [7, 11) is 0. The molecule has 0 amide bonds. The first-order chi connectivity index (χ1) is 8.74. The summed E-state index contributed by atoms with van der Waals surface area (Å²) < 4.78 is 0. The van der Waals surface area contributed by atoms with Gasteiger partial charge in [0.2, 0.25) is 0 Å². The molecule has 0 aliphatic heterocycles. The predicted octanol–water partition coefficient (Wildman–Crippen LogP) is 2.24. The van der Waals surface area contributed by atoms with Crippen molar-refractivity contribution >= 4 is 11.8 Å². The van der Waals surface area contributed by atoms with Crippen molar-refractivity contribution in [2.75, 3.05) is 5.32 Å². The van der Waals surface area contributed by atoms with Crippen LogP contribution in [0.3, 0.4) is 0 Å². The van der Waals surface area contributed by atoms with Crippen LogP contribution < -0.4 is 5.32 Å². The topological polar surface area (TPSA) is 62.2 Å². The highest BCUT2D eigenvalue weighted by molar-refractivity contribution is 5.88. The van der Waals surface area contributed by atoms with Crippen LogP contribution in [0, 0.1) is 23.7 Å². The molecule has 4 rings (SSSR count). The summed E-state index contributed by atoms with van der Waals surface area (Å²) in [6.07, 6.45) is 5.79. The lowest BCUT2D eigenvalue weighted by atomic mass is 10.0. The van der Waals surface area contributed by atoms with Gasteiger partial charge in [-0.1, -0.05) is 0 Å². The Kier molecular flexibility index (Phi) is 1.99. The summed E-state index contributed by atoms with van der Waals surface area (Å²) in [6, 6.07) is 3.72. The van der Waals surface area contributed by atoms with E-state index in [4.69, 9.17) is 5.11 Å². The zero-order chi connectivity index (χ0) is 12.3. The minimum Gasteiger partial charge on any atom is -0.478 e. The number of nitrogens with one attached hydrogen (secondary N) is 1. The number of hydrogen-bond donors (Lipinski definition) is 2.